The van der Waals surface area contributed by atoms with Gasteiger partial charge in [0.2, 0.25) is 0 Å². The average Bonchev–Trinajstić information content (AvgIpc) is 2.50. The number of aromatic nitrogens is 2. The summed E-state index contributed by atoms with van der Waals surface area (Å²) in [4.78, 5) is 4.11. The predicted molar refractivity (Wildman–Crippen MR) is 50.0 cm³/mol. The molecule has 0 fully saturated rings. The van der Waals surface area contributed by atoms with E-state index in [1.807, 2.05) is 6.20 Å². The van der Waals surface area contributed by atoms with Crippen LogP contribution in [0, 0.1) is 0 Å². The largest absolute Gasteiger partial charge is 0.328 e. The summed E-state index contributed by atoms with van der Waals surface area (Å²) in [5.74, 6) is 0.884. The van der Waals surface area contributed by atoms with Crippen LogP contribution in [-0.4, -0.2) is 14.9 Å². The molecule has 0 radical (unpaired) electrons. The van der Waals surface area contributed by atoms with Crippen LogP contribution in [0.4, 0.5) is 0 Å². The second-order valence-electron chi connectivity index (χ2n) is 2.57. The molecule has 0 aliphatic rings. The third kappa shape index (κ3) is 1.66. The molecule has 1 unspecified atom stereocenters. The molecule has 1 atom stereocenters. The van der Waals surface area contributed by atoms with Gasteiger partial charge in [-0.15, -0.1) is 0 Å². The van der Waals surface area contributed by atoms with E-state index in [9.17, 15) is 0 Å². The summed E-state index contributed by atoms with van der Waals surface area (Å²) in [6, 6.07) is 0.492. The molecule has 60 valence electrons. The van der Waals surface area contributed by atoms with Gasteiger partial charge in [0.1, 0.15) is 5.82 Å². The van der Waals surface area contributed by atoms with Gasteiger partial charge in [0, 0.05) is 23.8 Å². The van der Waals surface area contributed by atoms with E-state index in [0.29, 0.717) is 6.04 Å². The molecule has 2 nitrogen and oxygen atoms in total. The van der Waals surface area contributed by atoms with Crippen molar-refractivity contribution in [3.05, 3.63) is 18.2 Å². The predicted octanol–water partition coefficient (Wildman–Crippen LogP) is 2.20. The lowest BCUT2D eigenvalue weighted by Crippen LogP contribution is -2.06. The SMILES string of the molecule is CCC(C)n1ccnc1C=S. The molecule has 1 aromatic rings. The van der Waals surface area contributed by atoms with Crippen LogP contribution in [0.25, 0.3) is 0 Å². The van der Waals surface area contributed by atoms with Gasteiger partial charge in [-0.3, -0.25) is 0 Å². The van der Waals surface area contributed by atoms with Crippen molar-refractivity contribution in [3.63, 3.8) is 0 Å². The van der Waals surface area contributed by atoms with E-state index >= 15 is 0 Å². The molecule has 0 spiro atoms. The fraction of sp³-hybridized carbons (Fsp3) is 0.500. The topological polar surface area (TPSA) is 17.8 Å². The van der Waals surface area contributed by atoms with Crippen molar-refractivity contribution >= 4 is 17.6 Å². The van der Waals surface area contributed by atoms with Gasteiger partial charge in [-0.1, -0.05) is 19.1 Å². The van der Waals surface area contributed by atoms with E-state index in [1.165, 1.54) is 0 Å². The first-order chi connectivity index (χ1) is 5.29. The van der Waals surface area contributed by atoms with E-state index < -0.39 is 0 Å². The van der Waals surface area contributed by atoms with Crippen molar-refractivity contribution in [1.82, 2.24) is 9.55 Å². The maximum absolute atomic E-state index is 4.82. The van der Waals surface area contributed by atoms with Crippen molar-refractivity contribution < 1.29 is 0 Å². The quantitative estimate of drug-likeness (QED) is 0.644. The highest BCUT2D eigenvalue weighted by Crippen LogP contribution is 2.10. The van der Waals surface area contributed by atoms with E-state index in [0.717, 1.165) is 12.2 Å². The smallest absolute Gasteiger partial charge is 0.143 e. The van der Waals surface area contributed by atoms with Gasteiger partial charge < -0.3 is 4.57 Å². The van der Waals surface area contributed by atoms with Crippen molar-refractivity contribution in [3.8, 4) is 0 Å². The molecule has 1 rings (SSSR count). The van der Waals surface area contributed by atoms with Gasteiger partial charge in [0.25, 0.3) is 0 Å². The van der Waals surface area contributed by atoms with Gasteiger partial charge in [-0.05, 0) is 13.3 Å². The van der Waals surface area contributed by atoms with Crippen molar-refractivity contribution in [2.45, 2.75) is 26.3 Å². The summed E-state index contributed by atoms with van der Waals surface area (Å²) in [5.41, 5.74) is 0. The fourth-order valence-electron chi connectivity index (χ4n) is 0.985. The molecule has 3 heteroatoms. The van der Waals surface area contributed by atoms with Crippen molar-refractivity contribution in [2.75, 3.05) is 0 Å². The Kier molecular flexibility index (Phi) is 2.76. The molecule has 1 aromatic heterocycles. The zero-order chi connectivity index (χ0) is 8.27. The van der Waals surface area contributed by atoms with Crippen molar-refractivity contribution in [1.29, 1.82) is 0 Å². The Bertz CT molecular complexity index is 242. The summed E-state index contributed by atoms with van der Waals surface area (Å²) < 4.78 is 2.09. The maximum atomic E-state index is 4.82. The molecular weight excluding hydrogens is 156 g/mol. The van der Waals surface area contributed by atoms with Crippen LogP contribution in [0.5, 0.6) is 0 Å². The van der Waals surface area contributed by atoms with Gasteiger partial charge in [0.05, 0.1) is 0 Å². The van der Waals surface area contributed by atoms with Crippen LogP contribution in [0.3, 0.4) is 0 Å². The van der Waals surface area contributed by atoms with Gasteiger partial charge in [-0.2, -0.15) is 0 Å². The summed E-state index contributed by atoms with van der Waals surface area (Å²) in [6.07, 6.45) is 4.85. The highest BCUT2D eigenvalue weighted by molar-refractivity contribution is 7.79. The maximum Gasteiger partial charge on any atom is 0.143 e. The first-order valence-corrected chi connectivity index (χ1v) is 4.24. The Morgan fingerprint density at radius 1 is 1.82 bits per heavy atom. The van der Waals surface area contributed by atoms with Crippen LogP contribution >= 0.6 is 12.2 Å². The Hall–Kier alpha value is -0.700. The van der Waals surface area contributed by atoms with E-state index in [1.54, 1.807) is 11.6 Å². The van der Waals surface area contributed by atoms with Gasteiger partial charge in [-0.25, -0.2) is 4.98 Å². The molecule has 0 saturated carbocycles. The van der Waals surface area contributed by atoms with E-state index in [4.69, 9.17) is 12.2 Å². The summed E-state index contributed by atoms with van der Waals surface area (Å²) in [5, 5.41) is 1.62. The number of imidazole rings is 1. The number of thiocarbonyl (C=S) groups is 1. The second-order valence-corrected chi connectivity index (χ2v) is 2.80. The molecular formula is C8H12N2S. The third-order valence-corrected chi connectivity index (χ3v) is 2.08. The van der Waals surface area contributed by atoms with Crippen LogP contribution in [0.2, 0.25) is 0 Å². The zero-order valence-electron chi connectivity index (χ0n) is 6.82. The first kappa shape index (κ1) is 8.40. The van der Waals surface area contributed by atoms with Gasteiger partial charge in [0.15, 0.2) is 0 Å². The first-order valence-electron chi connectivity index (χ1n) is 3.77. The van der Waals surface area contributed by atoms with Crippen LogP contribution in [0.15, 0.2) is 12.4 Å². The van der Waals surface area contributed by atoms with Crippen LogP contribution < -0.4 is 0 Å². The number of hydrogen-bond acceptors (Lipinski definition) is 2. The third-order valence-electron chi connectivity index (χ3n) is 1.87. The van der Waals surface area contributed by atoms with Gasteiger partial charge >= 0.3 is 0 Å². The summed E-state index contributed by atoms with van der Waals surface area (Å²) >= 11 is 4.82. The molecule has 11 heavy (non-hydrogen) atoms. The monoisotopic (exact) mass is 168 g/mol. The highest BCUT2D eigenvalue weighted by Gasteiger charge is 2.04. The minimum atomic E-state index is 0.492. The Morgan fingerprint density at radius 3 is 3.09 bits per heavy atom. The lowest BCUT2D eigenvalue weighted by Gasteiger charge is -2.11. The number of hydrogen-bond donors (Lipinski definition) is 0. The van der Waals surface area contributed by atoms with E-state index in [-0.39, 0.29) is 0 Å². The minimum Gasteiger partial charge on any atom is -0.328 e. The standard InChI is InChI=1S/C8H12N2S/c1-3-7(2)10-5-4-9-8(10)6-11/h4-7H,3H2,1-2H3. The van der Waals surface area contributed by atoms with Crippen molar-refractivity contribution in [2.24, 2.45) is 0 Å². The zero-order valence-corrected chi connectivity index (χ0v) is 7.64. The normalized spacial score (nSPS) is 12.9. The lowest BCUT2D eigenvalue weighted by molar-refractivity contribution is 0.528. The fourth-order valence-corrected chi connectivity index (χ4v) is 1.17. The molecule has 0 bridgehead atoms. The lowest BCUT2D eigenvalue weighted by atomic mass is 10.2. The Morgan fingerprint density at radius 2 is 2.55 bits per heavy atom. The molecule has 0 N–H and O–H groups in total. The van der Waals surface area contributed by atoms with Crippen LogP contribution in [0.1, 0.15) is 32.1 Å². The molecule has 0 aliphatic heterocycles. The van der Waals surface area contributed by atoms with Crippen LogP contribution in [-0.2, 0) is 0 Å². The molecule has 1 heterocycles. The summed E-state index contributed by atoms with van der Waals surface area (Å²) in [7, 11) is 0. The molecule has 0 saturated heterocycles. The van der Waals surface area contributed by atoms with E-state index in [2.05, 4.69) is 23.4 Å². The minimum absolute atomic E-state index is 0.492. The average molecular weight is 168 g/mol. The Labute approximate surface area is 72.3 Å². The highest BCUT2D eigenvalue weighted by atomic mass is 32.1. The number of rotatable bonds is 3. The molecule has 0 amide bonds. The second kappa shape index (κ2) is 3.62. The Balaban J connectivity index is 2.92. The number of nitrogens with zero attached hydrogens (tertiary/aromatic N) is 2. The molecule has 0 aromatic carbocycles. The summed E-state index contributed by atoms with van der Waals surface area (Å²) in [6.45, 7) is 4.31. The molecule has 0 aliphatic carbocycles.